The summed E-state index contributed by atoms with van der Waals surface area (Å²) in [6.45, 7) is 0. The number of carboxylic acid groups (broad SMARTS) is 1. The number of carboxylic acids is 1. The summed E-state index contributed by atoms with van der Waals surface area (Å²) in [5.74, 6) is -2.38. The zero-order chi connectivity index (χ0) is 21.8. The van der Waals surface area contributed by atoms with E-state index in [1.165, 1.54) is 18.2 Å². The molecule has 0 aliphatic heterocycles. The Morgan fingerprint density at radius 3 is 2.03 bits per heavy atom. The summed E-state index contributed by atoms with van der Waals surface area (Å²) in [7, 11) is 0. The predicted molar refractivity (Wildman–Crippen MR) is 114 cm³/mol. The molecule has 3 aromatic carbocycles. The van der Waals surface area contributed by atoms with Crippen molar-refractivity contribution in [2.75, 3.05) is 0 Å². The molecule has 0 aliphatic rings. The van der Waals surface area contributed by atoms with Crippen molar-refractivity contribution < 1.29 is 19.4 Å². The topological polar surface area (TPSA) is 109 Å². The highest BCUT2D eigenvalue weighted by Crippen LogP contribution is 2.32. The van der Waals surface area contributed by atoms with Crippen molar-refractivity contribution in [3.05, 3.63) is 106 Å². The molecule has 0 bridgehead atoms. The van der Waals surface area contributed by atoms with E-state index in [0.29, 0.717) is 22.4 Å². The van der Waals surface area contributed by atoms with E-state index in [2.05, 4.69) is 10.2 Å². The number of hydrogen-bond donors (Lipinski definition) is 2. The van der Waals surface area contributed by atoms with E-state index in [1.807, 2.05) is 36.4 Å². The van der Waals surface area contributed by atoms with Gasteiger partial charge in [0.05, 0.1) is 5.69 Å². The highest BCUT2D eigenvalue weighted by atomic mass is 16.5. The number of esters is 1. The Morgan fingerprint density at radius 1 is 0.806 bits per heavy atom. The van der Waals surface area contributed by atoms with E-state index in [-0.39, 0.29) is 16.9 Å². The first-order valence-corrected chi connectivity index (χ1v) is 9.34. The minimum absolute atomic E-state index is 0.156. The van der Waals surface area contributed by atoms with Crippen molar-refractivity contribution in [1.29, 1.82) is 0 Å². The van der Waals surface area contributed by atoms with Crippen LogP contribution in [0.3, 0.4) is 0 Å². The van der Waals surface area contributed by atoms with E-state index in [4.69, 9.17) is 4.74 Å². The Bertz CT molecular complexity index is 1310. The lowest BCUT2D eigenvalue weighted by Gasteiger charge is -2.14. The molecule has 0 amide bonds. The molecular formula is C24H16N2O5. The second kappa shape index (κ2) is 8.46. The first-order valence-electron chi connectivity index (χ1n) is 9.34. The van der Waals surface area contributed by atoms with Crippen molar-refractivity contribution >= 4 is 11.9 Å². The molecule has 0 fully saturated rings. The third-order valence-electron chi connectivity index (χ3n) is 4.62. The Labute approximate surface area is 176 Å². The average molecular weight is 412 g/mol. The minimum Gasteiger partial charge on any atom is -0.478 e. The monoisotopic (exact) mass is 412 g/mol. The molecule has 7 heteroatoms. The Hall–Kier alpha value is -4.52. The van der Waals surface area contributed by atoms with Crippen molar-refractivity contribution in [3.8, 4) is 28.1 Å². The van der Waals surface area contributed by atoms with Crippen LogP contribution >= 0.6 is 0 Å². The van der Waals surface area contributed by atoms with Gasteiger partial charge in [0.2, 0.25) is 0 Å². The zero-order valence-electron chi connectivity index (χ0n) is 16.1. The van der Waals surface area contributed by atoms with Gasteiger partial charge in [-0.1, -0.05) is 72.8 Å². The fourth-order valence-corrected chi connectivity index (χ4v) is 3.22. The smallest absolute Gasteiger partial charge is 0.349 e. The number of aromatic nitrogens is 2. The van der Waals surface area contributed by atoms with Crippen LogP contribution in [0.15, 0.2) is 89.7 Å². The molecule has 4 aromatic rings. The van der Waals surface area contributed by atoms with Gasteiger partial charge in [0, 0.05) is 11.1 Å². The molecule has 4 rings (SSSR count). The van der Waals surface area contributed by atoms with Gasteiger partial charge in [-0.25, -0.2) is 14.7 Å². The maximum Gasteiger partial charge on any atom is 0.349 e. The third-order valence-corrected chi connectivity index (χ3v) is 4.62. The van der Waals surface area contributed by atoms with Crippen LogP contribution in [0.25, 0.3) is 22.4 Å². The van der Waals surface area contributed by atoms with Gasteiger partial charge in [0.1, 0.15) is 16.9 Å². The van der Waals surface area contributed by atoms with Crippen LogP contribution in [0.4, 0.5) is 0 Å². The van der Waals surface area contributed by atoms with Crippen LogP contribution < -0.4 is 10.3 Å². The van der Waals surface area contributed by atoms with Crippen LogP contribution in [0, 0.1) is 0 Å². The number of ether oxygens (including phenoxy) is 1. The number of carbonyl (C=O) groups excluding carboxylic acids is 1. The summed E-state index contributed by atoms with van der Waals surface area (Å²) in [6.07, 6.45) is 0. The largest absolute Gasteiger partial charge is 0.478 e. The van der Waals surface area contributed by atoms with Gasteiger partial charge in [-0.05, 0) is 17.7 Å². The van der Waals surface area contributed by atoms with Gasteiger partial charge in [-0.15, -0.1) is 0 Å². The Balaban J connectivity index is 1.91. The van der Waals surface area contributed by atoms with Crippen molar-refractivity contribution in [2.24, 2.45) is 0 Å². The maximum atomic E-state index is 13.1. The lowest BCUT2D eigenvalue weighted by atomic mass is 9.95. The second-order valence-electron chi connectivity index (χ2n) is 6.57. The fraction of sp³-hybridized carbons (Fsp3) is 0. The number of para-hydroxylation sites is 1. The summed E-state index contributed by atoms with van der Waals surface area (Å²) in [4.78, 5) is 37.3. The number of aromatic carboxylic acids is 1. The van der Waals surface area contributed by atoms with Gasteiger partial charge in [0.25, 0.3) is 5.56 Å². The van der Waals surface area contributed by atoms with Crippen LogP contribution in [-0.2, 0) is 0 Å². The molecule has 0 aliphatic carbocycles. The molecule has 2 N–H and O–H groups in total. The molecule has 0 saturated carbocycles. The number of nitrogens with one attached hydrogen (secondary N) is 1. The van der Waals surface area contributed by atoms with Gasteiger partial charge >= 0.3 is 11.9 Å². The summed E-state index contributed by atoms with van der Waals surface area (Å²) >= 11 is 0. The average Bonchev–Trinajstić information content (AvgIpc) is 2.80. The van der Waals surface area contributed by atoms with Crippen molar-refractivity contribution in [1.82, 2.24) is 10.2 Å². The summed E-state index contributed by atoms with van der Waals surface area (Å²) < 4.78 is 5.36. The van der Waals surface area contributed by atoms with Crippen LogP contribution in [0.1, 0.15) is 20.7 Å². The lowest BCUT2D eigenvalue weighted by Crippen LogP contribution is -2.25. The molecule has 152 valence electrons. The van der Waals surface area contributed by atoms with Crippen molar-refractivity contribution in [2.45, 2.75) is 0 Å². The number of hydrogen-bond acceptors (Lipinski definition) is 5. The van der Waals surface area contributed by atoms with E-state index < -0.39 is 17.5 Å². The first-order chi connectivity index (χ1) is 15.1. The summed E-state index contributed by atoms with van der Waals surface area (Å²) in [5.41, 5.74) is 0.789. The SMILES string of the molecule is O=C(O)c1ccccc1OC(=O)c1c(-c2ccccc2)c(-c2ccccc2)n[nH]c1=O. The molecule has 0 atom stereocenters. The highest BCUT2D eigenvalue weighted by molar-refractivity contribution is 6.02. The number of aromatic amines is 1. The van der Waals surface area contributed by atoms with E-state index in [9.17, 15) is 19.5 Å². The third kappa shape index (κ3) is 3.97. The number of nitrogens with zero attached hydrogens (tertiary/aromatic N) is 1. The van der Waals surface area contributed by atoms with Crippen LogP contribution in [0.5, 0.6) is 5.75 Å². The molecule has 1 aromatic heterocycles. The summed E-state index contributed by atoms with van der Waals surface area (Å²) in [6, 6.07) is 23.7. The second-order valence-corrected chi connectivity index (χ2v) is 6.57. The first kappa shape index (κ1) is 19.8. The quantitative estimate of drug-likeness (QED) is 0.378. The normalized spacial score (nSPS) is 10.5. The molecular weight excluding hydrogens is 396 g/mol. The predicted octanol–water partition coefficient (Wildman–Crippen LogP) is 4.02. The molecule has 0 spiro atoms. The highest BCUT2D eigenvalue weighted by Gasteiger charge is 2.25. The lowest BCUT2D eigenvalue weighted by molar-refractivity contribution is 0.0681. The Morgan fingerprint density at radius 2 is 1.39 bits per heavy atom. The number of H-pyrrole nitrogens is 1. The van der Waals surface area contributed by atoms with Crippen molar-refractivity contribution in [3.63, 3.8) is 0 Å². The standard InChI is InChI=1S/C24H16N2O5/c27-22-20(24(30)31-18-14-8-7-13-17(18)23(28)29)19(15-9-3-1-4-10-15)21(25-26-22)16-11-5-2-6-12-16/h1-14H,(H,26,27)(H,28,29). The van der Waals surface area contributed by atoms with Crippen LogP contribution in [0.2, 0.25) is 0 Å². The van der Waals surface area contributed by atoms with Gasteiger partial charge < -0.3 is 9.84 Å². The van der Waals surface area contributed by atoms with Gasteiger partial charge in [0.15, 0.2) is 0 Å². The Kier molecular flexibility index (Phi) is 5.40. The summed E-state index contributed by atoms with van der Waals surface area (Å²) in [5, 5.41) is 15.9. The number of benzene rings is 3. The van der Waals surface area contributed by atoms with Crippen LogP contribution in [-0.4, -0.2) is 27.2 Å². The maximum absolute atomic E-state index is 13.1. The van der Waals surface area contributed by atoms with E-state index >= 15 is 0 Å². The number of carbonyl (C=O) groups is 2. The van der Waals surface area contributed by atoms with E-state index in [1.54, 1.807) is 30.3 Å². The zero-order valence-corrected chi connectivity index (χ0v) is 16.1. The minimum atomic E-state index is -1.25. The number of rotatable bonds is 5. The molecule has 1 heterocycles. The molecule has 7 nitrogen and oxygen atoms in total. The van der Waals surface area contributed by atoms with E-state index in [0.717, 1.165) is 0 Å². The van der Waals surface area contributed by atoms with Gasteiger partial charge in [-0.3, -0.25) is 4.79 Å². The fourth-order valence-electron chi connectivity index (χ4n) is 3.22. The molecule has 31 heavy (non-hydrogen) atoms. The molecule has 0 radical (unpaired) electrons. The molecule has 0 saturated heterocycles. The van der Waals surface area contributed by atoms with Gasteiger partial charge in [-0.2, -0.15) is 5.10 Å². The molecule has 0 unspecified atom stereocenters.